The van der Waals surface area contributed by atoms with Crippen LogP contribution in [0.1, 0.15) is 43.0 Å². The van der Waals surface area contributed by atoms with Crippen molar-refractivity contribution in [3.05, 3.63) is 47.3 Å². The number of rotatable bonds is 7. The van der Waals surface area contributed by atoms with E-state index in [0.29, 0.717) is 31.2 Å². The SMILES string of the molecule is Cc1cc2c(c(SNC(CCn3cccc3C#N)C(=O)N3CCC(C)CC3)c1)OCC2. The first-order valence-corrected chi connectivity index (χ1v) is 11.9. The van der Waals surface area contributed by atoms with Crippen LogP contribution in [0.25, 0.3) is 0 Å². The highest BCUT2D eigenvalue weighted by Gasteiger charge is 2.28. The molecule has 1 N–H and O–H groups in total. The molecule has 0 radical (unpaired) electrons. The van der Waals surface area contributed by atoms with Gasteiger partial charge in [0.1, 0.15) is 17.5 Å². The van der Waals surface area contributed by atoms with E-state index in [1.165, 1.54) is 23.1 Å². The van der Waals surface area contributed by atoms with E-state index in [4.69, 9.17) is 4.74 Å². The summed E-state index contributed by atoms with van der Waals surface area (Å²) in [6, 6.07) is 9.86. The third-order valence-corrected chi connectivity index (χ3v) is 7.13. The number of benzene rings is 1. The van der Waals surface area contributed by atoms with E-state index in [9.17, 15) is 10.1 Å². The number of nitriles is 1. The van der Waals surface area contributed by atoms with Gasteiger partial charge in [0.15, 0.2) is 0 Å². The molecule has 6 nitrogen and oxygen atoms in total. The molecule has 1 fully saturated rings. The Morgan fingerprint density at radius 1 is 1.39 bits per heavy atom. The molecule has 1 aromatic heterocycles. The van der Waals surface area contributed by atoms with Gasteiger partial charge in [-0.05, 0) is 73.4 Å². The van der Waals surface area contributed by atoms with Crippen molar-refractivity contribution < 1.29 is 9.53 Å². The van der Waals surface area contributed by atoms with Crippen molar-refractivity contribution in [2.75, 3.05) is 19.7 Å². The van der Waals surface area contributed by atoms with Gasteiger partial charge in [-0.3, -0.25) is 4.79 Å². The summed E-state index contributed by atoms with van der Waals surface area (Å²) in [6.07, 6.45) is 5.57. The normalized spacial score (nSPS) is 17.1. The Labute approximate surface area is 188 Å². The average Bonchev–Trinajstić information content (AvgIpc) is 3.42. The smallest absolute Gasteiger partial charge is 0.240 e. The molecule has 4 rings (SSSR count). The molecular weight excluding hydrogens is 408 g/mol. The molecule has 31 heavy (non-hydrogen) atoms. The van der Waals surface area contributed by atoms with E-state index in [0.717, 1.165) is 43.0 Å². The molecular formula is C24H30N4O2S. The Bertz CT molecular complexity index is 972. The summed E-state index contributed by atoms with van der Waals surface area (Å²) >= 11 is 1.49. The number of carbonyl (C=O) groups is 1. The zero-order chi connectivity index (χ0) is 21.8. The van der Waals surface area contributed by atoms with E-state index in [1.807, 2.05) is 21.7 Å². The summed E-state index contributed by atoms with van der Waals surface area (Å²) in [5.74, 6) is 1.77. The molecule has 1 unspecified atom stereocenters. The minimum atomic E-state index is -0.329. The fourth-order valence-electron chi connectivity index (χ4n) is 4.30. The first-order valence-electron chi connectivity index (χ1n) is 11.1. The third-order valence-electron chi connectivity index (χ3n) is 6.20. The number of nitrogens with one attached hydrogen (secondary N) is 1. The molecule has 1 atom stereocenters. The number of hydrogen-bond acceptors (Lipinski definition) is 5. The molecule has 0 saturated carbocycles. The summed E-state index contributed by atoms with van der Waals surface area (Å²) in [5.41, 5.74) is 3.06. The number of likely N-dealkylation sites (tertiary alicyclic amines) is 1. The average molecular weight is 439 g/mol. The van der Waals surface area contributed by atoms with Crippen LogP contribution in [0.4, 0.5) is 0 Å². The second-order valence-corrected chi connectivity index (χ2v) is 9.50. The van der Waals surface area contributed by atoms with Crippen LogP contribution in [-0.2, 0) is 17.8 Å². The fraction of sp³-hybridized carbons (Fsp3) is 0.500. The number of ether oxygens (including phenoxy) is 1. The highest BCUT2D eigenvalue weighted by Crippen LogP contribution is 2.36. The van der Waals surface area contributed by atoms with Gasteiger partial charge in [0.2, 0.25) is 5.91 Å². The van der Waals surface area contributed by atoms with Gasteiger partial charge in [0.05, 0.1) is 17.5 Å². The maximum atomic E-state index is 13.4. The summed E-state index contributed by atoms with van der Waals surface area (Å²) in [6.45, 7) is 7.31. The molecule has 3 heterocycles. The van der Waals surface area contributed by atoms with Crippen LogP contribution in [0, 0.1) is 24.2 Å². The lowest BCUT2D eigenvalue weighted by Gasteiger charge is -2.33. The van der Waals surface area contributed by atoms with E-state index >= 15 is 0 Å². The second-order valence-electron chi connectivity index (χ2n) is 8.62. The van der Waals surface area contributed by atoms with Crippen LogP contribution in [0.2, 0.25) is 0 Å². The standard InChI is InChI=1S/C24H30N4O2S/c1-17-5-10-28(11-6-17)24(29)21(7-12-27-9-3-4-20(27)16-25)26-31-22-15-18(2)14-19-8-13-30-23(19)22/h3-4,9,14-15,17,21,26H,5-8,10-13H2,1-2H3. The molecule has 1 saturated heterocycles. The molecule has 2 aliphatic rings. The Morgan fingerprint density at radius 3 is 2.97 bits per heavy atom. The van der Waals surface area contributed by atoms with Crippen LogP contribution in [-0.4, -0.2) is 41.1 Å². The molecule has 2 aliphatic heterocycles. The molecule has 1 amide bonds. The van der Waals surface area contributed by atoms with Gasteiger partial charge in [0.25, 0.3) is 0 Å². The minimum Gasteiger partial charge on any atom is -0.492 e. The van der Waals surface area contributed by atoms with E-state index in [-0.39, 0.29) is 11.9 Å². The van der Waals surface area contributed by atoms with Crippen molar-refractivity contribution in [3.8, 4) is 11.8 Å². The molecule has 0 spiro atoms. The number of nitrogens with zero attached hydrogens (tertiary/aromatic N) is 3. The predicted octanol–water partition coefficient (Wildman–Crippen LogP) is 3.92. The molecule has 1 aromatic carbocycles. The van der Waals surface area contributed by atoms with Gasteiger partial charge >= 0.3 is 0 Å². The summed E-state index contributed by atoms with van der Waals surface area (Å²) in [7, 11) is 0. The summed E-state index contributed by atoms with van der Waals surface area (Å²) < 4.78 is 11.2. The Hall–Kier alpha value is -2.43. The molecule has 164 valence electrons. The number of aromatic nitrogens is 1. The number of hydrogen-bond donors (Lipinski definition) is 1. The van der Waals surface area contributed by atoms with E-state index in [2.05, 4.69) is 36.8 Å². The summed E-state index contributed by atoms with van der Waals surface area (Å²) in [5, 5.41) is 9.30. The highest BCUT2D eigenvalue weighted by atomic mass is 32.2. The summed E-state index contributed by atoms with van der Waals surface area (Å²) in [4.78, 5) is 16.4. The lowest BCUT2D eigenvalue weighted by Crippen LogP contribution is -2.47. The highest BCUT2D eigenvalue weighted by molar-refractivity contribution is 7.97. The van der Waals surface area contributed by atoms with Crippen LogP contribution in [0.3, 0.4) is 0 Å². The Balaban J connectivity index is 1.48. The zero-order valence-corrected chi connectivity index (χ0v) is 19.1. The van der Waals surface area contributed by atoms with Crippen molar-refractivity contribution in [1.82, 2.24) is 14.2 Å². The molecule has 0 bridgehead atoms. The Morgan fingerprint density at radius 2 is 2.19 bits per heavy atom. The van der Waals surface area contributed by atoms with E-state index in [1.54, 1.807) is 6.07 Å². The quantitative estimate of drug-likeness (QED) is 0.664. The largest absolute Gasteiger partial charge is 0.492 e. The van der Waals surface area contributed by atoms with Crippen LogP contribution >= 0.6 is 11.9 Å². The predicted molar refractivity (Wildman–Crippen MR) is 122 cm³/mol. The topological polar surface area (TPSA) is 70.3 Å². The van der Waals surface area contributed by atoms with Crippen molar-refractivity contribution in [2.24, 2.45) is 5.92 Å². The maximum absolute atomic E-state index is 13.4. The zero-order valence-electron chi connectivity index (χ0n) is 18.3. The number of aryl methyl sites for hydroxylation is 2. The molecule has 2 aromatic rings. The molecule has 0 aliphatic carbocycles. The second kappa shape index (κ2) is 9.80. The van der Waals surface area contributed by atoms with Gasteiger partial charge in [-0.2, -0.15) is 5.26 Å². The van der Waals surface area contributed by atoms with Crippen molar-refractivity contribution in [1.29, 1.82) is 5.26 Å². The van der Waals surface area contributed by atoms with Gasteiger partial charge in [-0.25, -0.2) is 4.72 Å². The van der Waals surface area contributed by atoms with Crippen molar-refractivity contribution in [3.63, 3.8) is 0 Å². The third kappa shape index (κ3) is 5.08. The van der Waals surface area contributed by atoms with Gasteiger partial charge in [-0.15, -0.1) is 0 Å². The van der Waals surface area contributed by atoms with Gasteiger partial charge < -0.3 is 14.2 Å². The molecule has 7 heteroatoms. The lowest BCUT2D eigenvalue weighted by molar-refractivity contribution is -0.134. The van der Waals surface area contributed by atoms with Crippen molar-refractivity contribution >= 4 is 17.9 Å². The fourth-order valence-corrected chi connectivity index (χ4v) is 5.31. The van der Waals surface area contributed by atoms with Crippen LogP contribution in [0.15, 0.2) is 35.4 Å². The minimum absolute atomic E-state index is 0.148. The first kappa shape index (κ1) is 21.8. The van der Waals surface area contributed by atoms with Crippen LogP contribution in [0.5, 0.6) is 5.75 Å². The maximum Gasteiger partial charge on any atom is 0.240 e. The van der Waals surface area contributed by atoms with Gasteiger partial charge in [0, 0.05) is 32.3 Å². The lowest BCUT2D eigenvalue weighted by atomic mass is 9.98. The van der Waals surface area contributed by atoms with Crippen molar-refractivity contribution in [2.45, 2.75) is 57.0 Å². The first-order chi connectivity index (χ1) is 15.0. The van der Waals surface area contributed by atoms with Crippen LogP contribution < -0.4 is 9.46 Å². The number of fused-ring (bicyclic) bond motifs is 1. The monoisotopic (exact) mass is 438 g/mol. The van der Waals surface area contributed by atoms with Gasteiger partial charge in [-0.1, -0.05) is 13.0 Å². The Kier molecular flexibility index (Phi) is 6.89. The van der Waals surface area contributed by atoms with E-state index < -0.39 is 0 Å². The number of piperidine rings is 1. The number of amides is 1. The number of carbonyl (C=O) groups excluding carboxylic acids is 1.